The third-order valence-corrected chi connectivity index (χ3v) is 5.01. The Morgan fingerprint density at radius 1 is 1.10 bits per heavy atom. The van der Waals surface area contributed by atoms with Crippen LogP contribution in [0.15, 0.2) is 36.8 Å². The van der Waals surface area contributed by atoms with E-state index in [1.54, 1.807) is 12.5 Å². The Labute approximate surface area is 172 Å². The molecule has 0 aliphatic rings. The van der Waals surface area contributed by atoms with Gasteiger partial charge in [0.1, 0.15) is 6.04 Å². The lowest BCUT2D eigenvalue weighted by Gasteiger charge is -2.27. The van der Waals surface area contributed by atoms with Crippen molar-refractivity contribution in [1.29, 1.82) is 0 Å². The number of imidazole rings is 1. The molecule has 29 heavy (non-hydrogen) atoms. The molecule has 1 unspecified atom stereocenters. The molecule has 0 aliphatic heterocycles. The predicted octanol–water partition coefficient (Wildman–Crippen LogP) is 4.08. The summed E-state index contributed by atoms with van der Waals surface area (Å²) in [6.07, 6.45) is 2.90. The van der Waals surface area contributed by atoms with Gasteiger partial charge >= 0.3 is 12.1 Å². The maximum atomic E-state index is 11.7. The van der Waals surface area contributed by atoms with Gasteiger partial charge in [-0.2, -0.15) is 0 Å². The van der Waals surface area contributed by atoms with Gasteiger partial charge in [0.05, 0.1) is 6.33 Å². The maximum Gasteiger partial charge on any atom is 0.408 e. The van der Waals surface area contributed by atoms with Gasteiger partial charge < -0.3 is 14.8 Å². The first-order chi connectivity index (χ1) is 13.7. The summed E-state index contributed by atoms with van der Waals surface area (Å²) in [7, 11) is 0. The lowest BCUT2D eigenvalue weighted by molar-refractivity contribution is -0.143. The molecule has 0 fully saturated rings. The third-order valence-electron chi connectivity index (χ3n) is 5.01. The Bertz CT molecular complexity index is 812. The van der Waals surface area contributed by atoms with Crippen LogP contribution in [0.1, 0.15) is 56.9 Å². The lowest BCUT2D eigenvalue weighted by atomic mass is 10.0. The monoisotopic (exact) mass is 401 g/mol. The molecule has 2 rings (SSSR count). The normalized spacial score (nSPS) is 12.3. The molecule has 1 aromatic carbocycles. The van der Waals surface area contributed by atoms with Crippen molar-refractivity contribution in [3.05, 3.63) is 53.6 Å². The van der Waals surface area contributed by atoms with Crippen molar-refractivity contribution in [2.45, 2.75) is 59.0 Å². The Hall–Kier alpha value is -2.83. The van der Waals surface area contributed by atoms with Gasteiger partial charge in [-0.3, -0.25) is 4.90 Å². The molecule has 2 N–H and O–H groups in total. The van der Waals surface area contributed by atoms with Crippen LogP contribution >= 0.6 is 0 Å². The quantitative estimate of drug-likeness (QED) is 0.625. The van der Waals surface area contributed by atoms with Crippen molar-refractivity contribution < 1.29 is 19.8 Å². The molecular formula is C22H31N3O4. The van der Waals surface area contributed by atoms with E-state index in [2.05, 4.69) is 43.1 Å². The number of carboxylic acids is 1. The highest BCUT2D eigenvalue weighted by atomic mass is 16.4. The van der Waals surface area contributed by atoms with Crippen LogP contribution in [-0.2, 0) is 17.8 Å². The summed E-state index contributed by atoms with van der Waals surface area (Å²) in [6, 6.07) is 7.36. The van der Waals surface area contributed by atoms with Crippen LogP contribution < -0.4 is 0 Å². The zero-order chi connectivity index (χ0) is 21.6. The van der Waals surface area contributed by atoms with Gasteiger partial charge in [0.15, 0.2) is 0 Å². The number of benzene rings is 1. The van der Waals surface area contributed by atoms with E-state index in [-0.39, 0.29) is 18.9 Å². The second-order valence-corrected chi connectivity index (χ2v) is 8.12. The molecule has 0 bridgehead atoms. The summed E-state index contributed by atoms with van der Waals surface area (Å²) < 4.78 is 1.97. The molecule has 158 valence electrons. The van der Waals surface area contributed by atoms with Crippen LogP contribution in [0.5, 0.6) is 0 Å². The summed E-state index contributed by atoms with van der Waals surface area (Å²) in [6.45, 7) is 8.82. The van der Waals surface area contributed by atoms with Crippen LogP contribution in [0.25, 0.3) is 0 Å². The van der Waals surface area contributed by atoms with Crippen molar-refractivity contribution >= 4 is 12.1 Å². The molecule has 1 atom stereocenters. The highest BCUT2D eigenvalue weighted by Crippen LogP contribution is 2.17. The summed E-state index contributed by atoms with van der Waals surface area (Å²) in [5, 5.41) is 19.0. The highest BCUT2D eigenvalue weighted by molar-refractivity contribution is 5.79. The van der Waals surface area contributed by atoms with Gasteiger partial charge in [-0.15, -0.1) is 0 Å². The number of aromatic nitrogens is 2. The Morgan fingerprint density at radius 3 is 2.28 bits per heavy atom. The average molecular weight is 402 g/mol. The van der Waals surface area contributed by atoms with Crippen LogP contribution in [0.3, 0.4) is 0 Å². The number of hydrogen-bond acceptors (Lipinski definition) is 3. The van der Waals surface area contributed by atoms with E-state index in [1.807, 2.05) is 18.4 Å². The average Bonchev–Trinajstić information content (AvgIpc) is 3.07. The van der Waals surface area contributed by atoms with Crippen molar-refractivity contribution in [2.75, 3.05) is 6.54 Å². The molecule has 0 aliphatic carbocycles. The lowest BCUT2D eigenvalue weighted by Crippen LogP contribution is -2.46. The molecule has 0 saturated heterocycles. The van der Waals surface area contributed by atoms with Gasteiger partial charge in [0.2, 0.25) is 0 Å². The van der Waals surface area contributed by atoms with Crippen molar-refractivity contribution in [3.63, 3.8) is 0 Å². The molecular weight excluding hydrogens is 370 g/mol. The molecule has 7 nitrogen and oxygen atoms in total. The second kappa shape index (κ2) is 10.1. The van der Waals surface area contributed by atoms with Gasteiger partial charge in [0.25, 0.3) is 0 Å². The summed E-state index contributed by atoms with van der Waals surface area (Å²) >= 11 is 0. The van der Waals surface area contributed by atoms with Gasteiger partial charge in [0, 0.05) is 31.4 Å². The van der Waals surface area contributed by atoms with Crippen LogP contribution in [0, 0.1) is 5.92 Å². The number of nitrogens with zero attached hydrogens (tertiary/aromatic N) is 3. The van der Waals surface area contributed by atoms with Gasteiger partial charge in [-0.1, -0.05) is 52.0 Å². The van der Waals surface area contributed by atoms with Crippen molar-refractivity contribution in [3.8, 4) is 0 Å². The minimum Gasteiger partial charge on any atom is -0.480 e. The van der Waals surface area contributed by atoms with E-state index in [4.69, 9.17) is 0 Å². The number of rotatable bonds is 10. The van der Waals surface area contributed by atoms with E-state index in [0.717, 1.165) is 16.2 Å². The predicted molar refractivity (Wildman–Crippen MR) is 111 cm³/mol. The number of hydrogen-bond donors (Lipinski definition) is 2. The molecule has 2 aromatic rings. The van der Waals surface area contributed by atoms with Crippen LogP contribution in [-0.4, -0.2) is 49.3 Å². The Morgan fingerprint density at radius 2 is 1.76 bits per heavy atom. The summed E-state index contributed by atoms with van der Waals surface area (Å²) in [5.74, 6) is -0.556. The topological polar surface area (TPSA) is 95.7 Å². The number of carbonyl (C=O) groups is 2. The smallest absolute Gasteiger partial charge is 0.408 e. The Balaban J connectivity index is 2.09. The SMILES string of the molecule is CC(C)CC(C(=O)O)N(CCc1cncn1Cc1ccc(C(C)C)cc1)C(=O)O. The number of carboxylic acid groups (broad SMARTS) is 2. The minimum atomic E-state index is -1.21. The van der Waals surface area contributed by atoms with Crippen LogP contribution in [0.2, 0.25) is 0 Å². The molecule has 1 aromatic heterocycles. The fourth-order valence-corrected chi connectivity index (χ4v) is 3.33. The van der Waals surface area contributed by atoms with Gasteiger partial charge in [-0.05, 0) is 29.4 Å². The third kappa shape index (κ3) is 6.34. The van der Waals surface area contributed by atoms with E-state index in [1.165, 1.54) is 5.56 Å². The van der Waals surface area contributed by atoms with Crippen LogP contribution in [0.4, 0.5) is 4.79 Å². The largest absolute Gasteiger partial charge is 0.480 e. The molecule has 1 amide bonds. The summed E-state index contributed by atoms with van der Waals surface area (Å²) in [5.41, 5.74) is 3.28. The van der Waals surface area contributed by atoms with E-state index in [9.17, 15) is 19.8 Å². The first-order valence-corrected chi connectivity index (χ1v) is 9.99. The highest BCUT2D eigenvalue weighted by Gasteiger charge is 2.30. The fraction of sp³-hybridized carbons (Fsp3) is 0.500. The zero-order valence-electron chi connectivity index (χ0n) is 17.6. The fourth-order valence-electron chi connectivity index (χ4n) is 3.33. The maximum absolute atomic E-state index is 11.7. The number of amides is 1. The molecule has 0 spiro atoms. The first-order valence-electron chi connectivity index (χ1n) is 9.99. The van der Waals surface area contributed by atoms with Crippen molar-refractivity contribution in [1.82, 2.24) is 14.5 Å². The molecule has 0 saturated carbocycles. The van der Waals surface area contributed by atoms with E-state index >= 15 is 0 Å². The zero-order valence-corrected chi connectivity index (χ0v) is 17.6. The van der Waals surface area contributed by atoms with E-state index < -0.39 is 18.1 Å². The van der Waals surface area contributed by atoms with E-state index in [0.29, 0.717) is 18.9 Å². The molecule has 7 heteroatoms. The first kappa shape index (κ1) is 22.5. The number of aliphatic carboxylic acids is 1. The Kier molecular flexibility index (Phi) is 7.82. The standard InChI is InChI=1S/C22H31N3O4/c1-15(2)11-20(21(26)27)25(22(28)29)10-9-19-12-23-14-24(19)13-17-5-7-18(8-6-17)16(3)4/h5-8,12,14-16,20H,9-11,13H2,1-4H3,(H,26,27)(H,28,29). The minimum absolute atomic E-state index is 0.0808. The molecule has 0 radical (unpaired) electrons. The van der Waals surface area contributed by atoms with Gasteiger partial charge in [-0.25, -0.2) is 14.6 Å². The second-order valence-electron chi connectivity index (χ2n) is 8.12. The summed E-state index contributed by atoms with van der Waals surface area (Å²) in [4.78, 5) is 28.5. The molecule has 1 heterocycles. The van der Waals surface area contributed by atoms with Crippen molar-refractivity contribution in [2.24, 2.45) is 5.92 Å².